The molecule has 1 unspecified atom stereocenters. The highest BCUT2D eigenvalue weighted by Crippen LogP contribution is 2.30. The zero-order valence-electron chi connectivity index (χ0n) is 9.84. The molecular weight excluding hydrogens is 268 g/mol. The number of fused-ring (bicyclic) bond motifs is 1. The summed E-state index contributed by atoms with van der Waals surface area (Å²) in [6, 6.07) is 7.75. The molecule has 1 N–H and O–H groups in total. The minimum Gasteiger partial charge on any atom is -0.341 e. The van der Waals surface area contributed by atoms with Crippen molar-refractivity contribution in [2.45, 2.75) is 12.0 Å². The molecule has 1 atom stereocenters. The van der Waals surface area contributed by atoms with Crippen LogP contribution in [0.2, 0.25) is 5.02 Å². The zero-order chi connectivity index (χ0) is 12.7. The van der Waals surface area contributed by atoms with E-state index in [1.165, 1.54) is 0 Å². The normalized spacial score (nSPS) is 18.4. The Labute approximate surface area is 116 Å². The molecule has 0 saturated carbocycles. The van der Waals surface area contributed by atoms with Crippen LogP contribution in [0.5, 0.6) is 0 Å². The molecule has 94 valence electrons. The van der Waals surface area contributed by atoms with Gasteiger partial charge in [-0.15, -0.1) is 12.6 Å². The summed E-state index contributed by atoms with van der Waals surface area (Å²) in [5.74, 6) is 1.02. The number of anilines is 2. The molecule has 0 fully saturated rings. The average molecular weight is 281 g/mol. The molecule has 0 spiro atoms. The predicted molar refractivity (Wildman–Crippen MR) is 77.2 cm³/mol. The molecule has 4 nitrogen and oxygen atoms in total. The van der Waals surface area contributed by atoms with Crippen molar-refractivity contribution < 1.29 is 0 Å². The van der Waals surface area contributed by atoms with Crippen molar-refractivity contribution in [2.24, 2.45) is 7.05 Å². The molecule has 0 saturated heterocycles. The zero-order valence-corrected chi connectivity index (χ0v) is 11.5. The Hall–Kier alpha value is -1.33. The van der Waals surface area contributed by atoms with E-state index in [1.54, 1.807) is 6.33 Å². The minimum atomic E-state index is -0.0913. The molecule has 1 aliphatic rings. The second kappa shape index (κ2) is 4.40. The van der Waals surface area contributed by atoms with Gasteiger partial charge in [-0.3, -0.25) is 0 Å². The largest absolute Gasteiger partial charge is 0.341 e. The number of aromatic nitrogens is 2. The molecule has 0 aliphatic carbocycles. The molecule has 1 aromatic heterocycles. The van der Waals surface area contributed by atoms with Gasteiger partial charge in [0.1, 0.15) is 17.0 Å². The van der Waals surface area contributed by atoms with Crippen LogP contribution in [0.15, 0.2) is 30.6 Å². The highest BCUT2D eigenvalue weighted by Gasteiger charge is 2.26. The number of hydrogen-bond acceptors (Lipinski definition) is 4. The fourth-order valence-electron chi connectivity index (χ4n) is 2.11. The molecule has 0 bridgehead atoms. The third-order valence-corrected chi connectivity index (χ3v) is 3.68. The van der Waals surface area contributed by atoms with Crippen molar-refractivity contribution in [3.8, 4) is 0 Å². The summed E-state index contributed by atoms with van der Waals surface area (Å²) >= 11 is 10.6. The fourth-order valence-corrected chi connectivity index (χ4v) is 2.64. The van der Waals surface area contributed by atoms with E-state index in [2.05, 4.69) is 27.8 Å². The third kappa shape index (κ3) is 1.93. The highest BCUT2D eigenvalue weighted by atomic mass is 35.5. The summed E-state index contributed by atoms with van der Waals surface area (Å²) in [4.78, 5) is 6.50. The number of nitrogens with zero attached hydrogens (tertiary/aromatic N) is 3. The van der Waals surface area contributed by atoms with Crippen LogP contribution in [0.4, 0.5) is 11.5 Å². The van der Waals surface area contributed by atoms with Gasteiger partial charge in [-0.2, -0.15) is 0 Å². The van der Waals surface area contributed by atoms with Gasteiger partial charge in [-0.25, -0.2) is 4.98 Å². The van der Waals surface area contributed by atoms with Gasteiger partial charge in [0.2, 0.25) is 0 Å². The van der Waals surface area contributed by atoms with E-state index in [9.17, 15) is 0 Å². The summed E-state index contributed by atoms with van der Waals surface area (Å²) in [6.07, 6.45) is 1.81. The first-order valence-electron chi connectivity index (χ1n) is 5.62. The van der Waals surface area contributed by atoms with Crippen LogP contribution >= 0.6 is 24.2 Å². The van der Waals surface area contributed by atoms with Gasteiger partial charge in [0, 0.05) is 17.8 Å². The molecule has 18 heavy (non-hydrogen) atoms. The van der Waals surface area contributed by atoms with Gasteiger partial charge in [0.05, 0.1) is 12.9 Å². The van der Waals surface area contributed by atoms with E-state index < -0.39 is 0 Å². The van der Waals surface area contributed by atoms with Crippen LogP contribution in [-0.4, -0.2) is 15.0 Å². The number of imidazole rings is 1. The number of rotatable bonds is 1. The summed E-state index contributed by atoms with van der Waals surface area (Å²) in [6.45, 7) is 0.720. The lowest BCUT2D eigenvalue weighted by molar-refractivity contribution is 0.748. The second-order valence-corrected chi connectivity index (χ2v) is 5.20. The van der Waals surface area contributed by atoms with E-state index in [4.69, 9.17) is 11.6 Å². The first kappa shape index (κ1) is 11.7. The molecule has 1 aromatic carbocycles. The Kier molecular flexibility index (Phi) is 2.87. The van der Waals surface area contributed by atoms with Crippen molar-refractivity contribution in [1.82, 2.24) is 9.55 Å². The van der Waals surface area contributed by atoms with Gasteiger partial charge in [0.15, 0.2) is 0 Å². The Morgan fingerprint density at radius 1 is 1.50 bits per heavy atom. The second-order valence-electron chi connectivity index (χ2n) is 4.28. The van der Waals surface area contributed by atoms with E-state index in [0.717, 1.165) is 28.8 Å². The molecule has 0 radical (unpaired) electrons. The summed E-state index contributed by atoms with van der Waals surface area (Å²) in [7, 11) is 1.97. The summed E-state index contributed by atoms with van der Waals surface area (Å²) < 4.78 is 1.97. The lowest BCUT2D eigenvalue weighted by Gasteiger charge is -2.35. The molecule has 3 rings (SSSR count). The Morgan fingerprint density at radius 3 is 3.11 bits per heavy atom. The van der Waals surface area contributed by atoms with Crippen LogP contribution in [0.3, 0.4) is 0 Å². The minimum absolute atomic E-state index is 0.0913. The molecule has 2 aromatic rings. The number of nitrogens with one attached hydrogen (secondary N) is 1. The lowest BCUT2D eigenvalue weighted by atomic mass is 10.2. The molecule has 0 amide bonds. The maximum absolute atomic E-state index is 6.02. The smallest absolute Gasteiger partial charge is 0.146 e. The van der Waals surface area contributed by atoms with Crippen molar-refractivity contribution >= 4 is 35.7 Å². The number of aryl methyl sites for hydroxylation is 1. The molecule has 1 aliphatic heterocycles. The monoisotopic (exact) mass is 280 g/mol. The van der Waals surface area contributed by atoms with E-state index in [0.29, 0.717) is 0 Å². The van der Waals surface area contributed by atoms with E-state index in [1.807, 2.05) is 35.9 Å². The Bertz CT molecular complexity index is 583. The summed E-state index contributed by atoms with van der Waals surface area (Å²) in [5.41, 5.74) is 1.96. The van der Waals surface area contributed by atoms with Crippen LogP contribution in [0.1, 0.15) is 5.69 Å². The fraction of sp³-hybridized carbons (Fsp3) is 0.250. The summed E-state index contributed by atoms with van der Waals surface area (Å²) in [5, 5.41) is 4.05. The van der Waals surface area contributed by atoms with Crippen molar-refractivity contribution in [1.29, 1.82) is 0 Å². The lowest BCUT2D eigenvalue weighted by Crippen LogP contribution is -2.41. The van der Waals surface area contributed by atoms with Gasteiger partial charge in [-0.1, -0.05) is 17.7 Å². The maximum atomic E-state index is 6.02. The highest BCUT2D eigenvalue weighted by molar-refractivity contribution is 7.81. The maximum Gasteiger partial charge on any atom is 0.146 e. The third-order valence-electron chi connectivity index (χ3n) is 3.03. The van der Waals surface area contributed by atoms with Gasteiger partial charge >= 0.3 is 0 Å². The van der Waals surface area contributed by atoms with Gasteiger partial charge in [0.25, 0.3) is 0 Å². The van der Waals surface area contributed by atoms with Crippen molar-refractivity contribution in [3.63, 3.8) is 0 Å². The molecular formula is C12H13ClN4S. The van der Waals surface area contributed by atoms with Crippen molar-refractivity contribution in [3.05, 3.63) is 41.3 Å². The number of benzene rings is 1. The number of thiol groups is 1. The quantitative estimate of drug-likeness (QED) is 0.788. The van der Waals surface area contributed by atoms with E-state index in [-0.39, 0.29) is 5.50 Å². The number of hydrogen-bond donors (Lipinski definition) is 2. The van der Waals surface area contributed by atoms with Crippen LogP contribution < -0.4 is 10.2 Å². The van der Waals surface area contributed by atoms with Gasteiger partial charge < -0.3 is 14.8 Å². The van der Waals surface area contributed by atoms with Crippen molar-refractivity contribution in [2.75, 3.05) is 10.2 Å². The molecule has 6 heteroatoms. The number of halogens is 1. The van der Waals surface area contributed by atoms with Crippen LogP contribution in [0, 0.1) is 0 Å². The van der Waals surface area contributed by atoms with Crippen LogP contribution in [0.25, 0.3) is 0 Å². The SMILES string of the molecule is Cn1cnc2c1NC(S)N(c1cccc(Cl)c1)C2. The standard InChI is InChI=1S/C12H13ClN4S/c1-16-7-14-10-6-17(12(18)15-11(10)16)9-4-2-3-8(13)5-9/h2-5,7,12,15,18H,6H2,1H3. The first-order chi connectivity index (χ1) is 8.65. The van der Waals surface area contributed by atoms with Gasteiger partial charge in [-0.05, 0) is 18.2 Å². The average Bonchev–Trinajstić information content (AvgIpc) is 2.70. The molecule has 2 heterocycles. The first-order valence-corrected chi connectivity index (χ1v) is 6.51. The Morgan fingerprint density at radius 2 is 2.33 bits per heavy atom. The predicted octanol–water partition coefficient (Wildman–Crippen LogP) is 2.72. The Balaban J connectivity index is 1.96. The topological polar surface area (TPSA) is 33.1 Å². The van der Waals surface area contributed by atoms with Crippen LogP contribution in [-0.2, 0) is 13.6 Å². The van der Waals surface area contributed by atoms with E-state index >= 15 is 0 Å².